The highest BCUT2D eigenvalue weighted by Crippen LogP contribution is 2.51. The summed E-state index contributed by atoms with van der Waals surface area (Å²) < 4.78 is 52.8. The number of hydrogen-bond acceptors (Lipinski definition) is 11. The molecule has 0 amide bonds. The number of nitrogens with zero attached hydrogens (tertiary/aromatic N) is 2. The third kappa shape index (κ3) is 6.54. The number of H-pyrrole nitrogens is 1. The van der Waals surface area contributed by atoms with E-state index in [1.807, 2.05) is 10.9 Å². The Labute approximate surface area is 214 Å². The summed E-state index contributed by atoms with van der Waals surface area (Å²) in [6, 6.07) is 7.61. The monoisotopic (exact) mass is 539 g/mol. The Morgan fingerprint density at radius 2 is 2.05 bits per heavy atom. The molecule has 37 heavy (non-hydrogen) atoms. The first-order valence-corrected chi connectivity index (χ1v) is 12.8. The van der Waals surface area contributed by atoms with Crippen molar-refractivity contribution in [3.05, 3.63) is 57.6 Å². The predicted molar refractivity (Wildman–Crippen MR) is 129 cm³/mol. The molecule has 1 aromatic heterocycles. The van der Waals surface area contributed by atoms with Crippen LogP contribution in [0.1, 0.15) is 29.7 Å². The summed E-state index contributed by atoms with van der Waals surface area (Å²) in [7, 11) is -4.58. The summed E-state index contributed by atoms with van der Waals surface area (Å²) in [5, 5.41) is 21.8. The molecule has 2 aromatic rings. The summed E-state index contributed by atoms with van der Waals surface area (Å²) in [6.07, 6.45) is -1.36. The summed E-state index contributed by atoms with van der Waals surface area (Å²) in [5.74, 6) is 0.0772. The van der Waals surface area contributed by atoms with Crippen LogP contribution in [0.25, 0.3) is 0 Å². The number of aromatic nitrogens is 3. The maximum absolute atomic E-state index is 13.9. The van der Waals surface area contributed by atoms with Gasteiger partial charge in [-0.15, -0.1) is 6.42 Å². The molecule has 13 nitrogen and oxygen atoms in total. The van der Waals surface area contributed by atoms with Crippen molar-refractivity contribution in [3.8, 4) is 18.1 Å². The van der Waals surface area contributed by atoms with E-state index < -0.39 is 73.7 Å². The number of rotatable bonds is 10. The van der Waals surface area contributed by atoms with Gasteiger partial charge in [0.25, 0.3) is 0 Å². The van der Waals surface area contributed by atoms with Crippen LogP contribution >= 0.6 is 7.60 Å². The Bertz CT molecular complexity index is 1390. The summed E-state index contributed by atoms with van der Waals surface area (Å²) in [6.45, 7) is 1.42. The van der Waals surface area contributed by atoms with Crippen LogP contribution in [-0.2, 0) is 23.4 Å². The molecule has 1 aliphatic rings. The fraction of sp³-hybridized carbons (Fsp3) is 0.478. The van der Waals surface area contributed by atoms with Crippen LogP contribution in [0.2, 0.25) is 0 Å². The number of carbonyl (C=O) groups excluding carboxylic acids is 1. The van der Waals surface area contributed by atoms with Gasteiger partial charge in [-0.25, -0.2) is 14.2 Å². The van der Waals surface area contributed by atoms with Crippen LogP contribution < -0.4 is 15.9 Å². The molecule has 1 fully saturated rings. The summed E-state index contributed by atoms with van der Waals surface area (Å²) in [5.41, 5.74) is -4.86. The van der Waals surface area contributed by atoms with E-state index in [4.69, 9.17) is 27.7 Å². The first-order valence-electron chi connectivity index (χ1n) is 12.1. The topological polar surface area (TPSA) is 179 Å². The first-order chi connectivity index (χ1) is 18.1. The summed E-state index contributed by atoms with van der Waals surface area (Å²) in [4.78, 5) is 41.2. The number of benzene rings is 1. The number of ether oxygens (including phenoxy) is 2. The van der Waals surface area contributed by atoms with Crippen molar-refractivity contribution >= 4 is 13.6 Å². The SMILES string of the molecule is [2H]C([2H])(O[P@@](=O)(C[C@@H](C)C(=O)OC(C)C)Oc1ccccc1)[C@H]1O[C@@H](n2cnc(=O)[nH]c2=O)C(O)(C#C)[C@H]1O. The number of nitrogens with one attached hydrogen (secondary N) is 1. The molecule has 2 heterocycles. The zero-order valence-corrected chi connectivity index (χ0v) is 21.0. The smallest absolute Gasteiger partial charge is 0.380 e. The molecule has 0 spiro atoms. The maximum Gasteiger partial charge on any atom is 0.380 e. The van der Waals surface area contributed by atoms with E-state index >= 15 is 0 Å². The largest absolute Gasteiger partial charge is 0.463 e. The number of carbonyl (C=O) groups is 1. The van der Waals surface area contributed by atoms with E-state index in [0.717, 1.165) is 0 Å². The van der Waals surface area contributed by atoms with Crippen molar-refractivity contribution in [3.63, 3.8) is 0 Å². The number of aromatic amines is 1. The fourth-order valence-electron chi connectivity index (χ4n) is 3.37. The molecule has 0 bridgehead atoms. The molecule has 1 saturated heterocycles. The van der Waals surface area contributed by atoms with Crippen LogP contribution in [-0.4, -0.2) is 67.4 Å². The van der Waals surface area contributed by atoms with Crippen LogP contribution in [0.15, 0.2) is 46.2 Å². The molecule has 0 aliphatic carbocycles. The Morgan fingerprint density at radius 1 is 1.38 bits per heavy atom. The lowest BCUT2D eigenvalue weighted by Gasteiger charge is -2.26. The Kier molecular flexibility index (Phi) is 7.83. The number of para-hydroxylation sites is 1. The number of aliphatic hydroxyl groups excluding tert-OH is 1. The minimum atomic E-state index is -4.58. The Balaban J connectivity index is 1.96. The van der Waals surface area contributed by atoms with Gasteiger partial charge in [-0.3, -0.25) is 18.9 Å². The van der Waals surface area contributed by atoms with Gasteiger partial charge < -0.3 is 24.2 Å². The highest BCUT2D eigenvalue weighted by Gasteiger charge is 2.56. The molecule has 200 valence electrons. The van der Waals surface area contributed by atoms with Crippen molar-refractivity contribution < 1.29 is 40.8 Å². The van der Waals surface area contributed by atoms with E-state index in [1.54, 1.807) is 32.0 Å². The van der Waals surface area contributed by atoms with E-state index in [0.29, 0.717) is 10.9 Å². The molecule has 0 radical (unpaired) electrons. The number of hydrogen-bond donors (Lipinski definition) is 3. The van der Waals surface area contributed by atoms with Crippen LogP contribution in [0, 0.1) is 18.3 Å². The van der Waals surface area contributed by atoms with E-state index in [2.05, 4.69) is 4.98 Å². The zero-order chi connectivity index (χ0) is 29.2. The van der Waals surface area contributed by atoms with Gasteiger partial charge in [0.1, 0.15) is 24.3 Å². The van der Waals surface area contributed by atoms with Crippen molar-refractivity contribution in [1.82, 2.24) is 14.5 Å². The fourth-order valence-corrected chi connectivity index (χ4v) is 5.08. The zero-order valence-electron chi connectivity index (χ0n) is 22.1. The lowest BCUT2D eigenvalue weighted by Crippen LogP contribution is -2.48. The number of terminal acetylenes is 1. The van der Waals surface area contributed by atoms with Crippen molar-refractivity contribution in [2.45, 2.75) is 50.9 Å². The van der Waals surface area contributed by atoms with Gasteiger partial charge in [-0.2, -0.15) is 4.98 Å². The molecular weight excluding hydrogens is 509 g/mol. The molecule has 1 aliphatic heterocycles. The van der Waals surface area contributed by atoms with Gasteiger partial charge in [0.2, 0.25) is 0 Å². The minimum Gasteiger partial charge on any atom is -0.463 e. The van der Waals surface area contributed by atoms with Crippen LogP contribution in [0.5, 0.6) is 5.75 Å². The molecule has 1 aromatic carbocycles. The quantitative estimate of drug-likeness (QED) is 0.217. The molecular formula is C23H28N3O10P. The Hall–Kier alpha value is -3.27. The van der Waals surface area contributed by atoms with Gasteiger partial charge in [-0.1, -0.05) is 31.0 Å². The normalized spacial score (nSPS) is 26.9. The van der Waals surface area contributed by atoms with Gasteiger partial charge >= 0.3 is 24.9 Å². The van der Waals surface area contributed by atoms with Crippen molar-refractivity contribution in [1.29, 1.82) is 0 Å². The highest BCUT2D eigenvalue weighted by atomic mass is 31.2. The highest BCUT2D eigenvalue weighted by molar-refractivity contribution is 7.54. The van der Waals surface area contributed by atoms with Crippen LogP contribution in [0.4, 0.5) is 0 Å². The third-order valence-electron chi connectivity index (χ3n) is 5.17. The van der Waals surface area contributed by atoms with Crippen molar-refractivity contribution in [2.24, 2.45) is 5.92 Å². The first kappa shape index (κ1) is 25.4. The lowest BCUT2D eigenvalue weighted by atomic mass is 9.95. The minimum absolute atomic E-state index is 0.0258. The van der Waals surface area contributed by atoms with E-state index in [-0.39, 0.29) is 5.75 Å². The van der Waals surface area contributed by atoms with Gasteiger partial charge in [0.15, 0.2) is 11.8 Å². The second kappa shape index (κ2) is 11.4. The Morgan fingerprint density at radius 3 is 2.65 bits per heavy atom. The lowest BCUT2D eigenvalue weighted by molar-refractivity contribution is -0.151. The molecule has 3 N–H and O–H groups in total. The van der Waals surface area contributed by atoms with Gasteiger partial charge in [0, 0.05) is 0 Å². The predicted octanol–water partition coefficient (Wildman–Crippen LogP) is 0.431. The second-order valence-corrected chi connectivity index (χ2v) is 10.5. The molecule has 0 saturated carbocycles. The maximum atomic E-state index is 13.9. The second-order valence-electron chi connectivity index (χ2n) is 8.50. The number of aliphatic hydroxyl groups is 2. The molecule has 6 atom stereocenters. The van der Waals surface area contributed by atoms with Crippen LogP contribution in [0.3, 0.4) is 0 Å². The van der Waals surface area contributed by atoms with Gasteiger partial charge in [0.05, 0.1) is 27.5 Å². The average Bonchev–Trinajstić information content (AvgIpc) is 3.10. The number of esters is 1. The third-order valence-corrected chi connectivity index (χ3v) is 7.04. The average molecular weight is 539 g/mol. The molecule has 3 rings (SSSR count). The van der Waals surface area contributed by atoms with Gasteiger partial charge in [-0.05, 0) is 26.0 Å². The molecule has 1 unspecified atom stereocenters. The summed E-state index contributed by atoms with van der Waals surface area (Å²) >= 11 is 0. The molecule has 14 heteroatoms. The standard InChI is InChI=1S/C23H28N3O10P/c1-5-23(31)18(27)17(35-20(23)26-13-24-21(29)25-22(26)30)11-33-37(32,36-16-9-7-6-8-10-16)12-15(4)19(28)34-14(2)3/h1,6-10,13-15,17-18,20,27,31H,11-12H2,2-4H3,(H,25,29,30)/t15-,17-,18+,20-,23?,37+/m1/s1/i11D2. The van der Waals surface area contributed by atoms with E-state index in [1.165, 1.54) is 19.1 Å². The van der Waals surface area contributed by atoms with Crippen molar-refractivity contribution in [2.75, 3.05) is 12.7 Å². The van der Waals surface area contributed by atoms with E-state index in [9.17, 15) is 29.2 Å².